The van der Waals surface area contributed by atoms with E-state index in [0.717, 1.165) is 24.2 Å². The van der Waals surface area contributed by atoms with Crippen LogP contribution < -0.4 is 5.01 Å². The molecule has 0 bridgehead atoms. The normalized spacial score (nSPS) is 24.5. The van der Waals surface area contributed by atoms with Crippen molar-refractivity contribution in [3.05, 3.63) is 29.8 Å². The van der Waals surface area contributed by atoms with Crippen molar-refractivity contribution in [3.8, 4) is 0 Å². The van der Waals surface area contributed by atoms with Crippen LogP contribution >= 0.6 is 11.6 Å². The summed E-state index contributed by atoms with van der Waals surface area (Å²) >= 11 is 6.31. The van der Waals surface area contributed by atoms with Gasteiger partial charge in [0.25, 0.3) is 0 Å². The van der Waals surface area contributed by atoms with Crippen molar-refractivity contribution in [2.45, 2.75) is 57.5 Å². The number of nitrogens with zero attached hydrogens (tertiary/aromatic N) is 3. The molecule has 0 N–H and O–H groups in total. The predicted octanol–water partition coefficient (Wildman–Crippen LogP) is 4.37. The van der Waals surface area contributed by atoms with E-state index in [-0.39, 0.29) is 11.2 Å². The molecule has 0 amide bonds. The number of piperidine rings is 1. The molecule has 0 radical (unpaired) electrons. The number of hydrogen-bond acceptors (Lipinski definition) is 2. The molecular formula is C16H21ClFN3. The fraction of sp³-hybridized carbons (Fsp3) is 0.562. The Bertz CT molecular complexity index is 642. The Kier molecular flexibility index (Phi) is 3.82. The van der Waals surface area contributed by atoms with Crippen molar-refractivity contribution >= 4 is 22.6 Å². The average molecular weight is 310 g/mol. The Balaban J connectivity index is 2.24. The van der Waals surface area contributed by atoms with E-state index in [0.29, 0.717) is 17.6 Å². The highest BCUT2D eigenvalue weighted by molar-refractivity contribution is 6.20. The molecule has 1 aliphatic heterocycles. The number of aromatic nitrogens is 2. The molecule has 3 unspecified atom stereocenters. The molecule has 0 spiro atoms. The van der Waals surface area contributed by atoms with Crippen LogP contribution in [-0.4, -0.2) is 21.7 Å². The van der Waals surface area contributed by atoms with Gasteiger partial charge in [-0.25, -0.2) is 14.1 Å². The number of alkyl halides is 1. The number of fused-ring (bicyclic) bond motifs is 1. The molecule has 2 aromatic rings. The second kappa shape index (κ2) is 5.48. The maximum Gasteiger partial charge on any atom is 0.151 e. The van der Waals surface area contributed by atoms with Gasteiger partial charge in [0.1, 0.15) is 11.3 Å². The van der Waals surface area contributed by atoms with E-state index in [1.165, 1.54) is 12.5 Å². The van der Waals surface area contributed by atoms with Gasteiger partial charge in [-0.15, -0.1) is 11.6 Å². The third-order valence-electron chi connectivity index (χ3n) is 4.37. The highest BCUT2D eigenvalue weighted by atomic mass is 35.5. The zero-order chi connectivity index (χ0) is 15.1. The van der Waals surface area contributed by atoms with E-state index in [2.05, 4.69) is 23.8 Å². The van der Waals surface area contributed by atoms with Crippen LogP contribution in [0.2, 0.25) is 0 Å². The standard InChI is InChI=1S/C16H21ClFN3/c1-10-6-4-7-11(2)20(10)21-14-9-5-8-13(18)15(14)19-16(21)12(3)17/h5,8-12H,4,6-7H2,1-3H3. The SMILES string of the molecule is CC(Cl)c1nc2c(F)cccc2n1N1C(C)CCCC1C. The molecule has 3 rings (SSSR count). The highest BCUT2D eigenvalue weighted by Crippen LogP contribution is 2.30. The summed E-state index contributed by atoms with van der Waals surface area (Å²) in [5.41, 5.74) is 1.21. The predicted molar refractivity (Wildman–Crippen MR) is 85.0 cm³/mol. The summed E-state index contributed by atoms with van der Waals surface area (Å²) in [6, 6.07) is 5.89. The zero-order valence-corrected chi connectivity index (χ0v) is 13.4. The minimum absolute atomic E-state index is 0.266. The van der Waals surface area contributed by atoms with Crippen molar-refractivity contribution in [1.29, 1.82) is 0 Å². The summed E-state index contributed by atoms with van der Waals surface area (Å²) in [6.45, 7) is 6.31. The number of benzene rings is 1. The van der Waals surface area contributed by atoms with E-state index in [1.54, 1.807) is 6.07 Å². The number of imidazole rings is 1. The van der Waals surface area contributed by atoms with Gasteiger partial charge in [0.15, 0.2) is 5.82 Å². The Morgan fingerprint density at radius 3 is 2.57 bits per heavy atom. The maximum absolute atomic E-state index is 14.1. The van der Waals surface area contributed by atoms with Crippen LogP contribution in [0, 0.1) is 5.82 Å². The Morgan fingerprint density at radius 1 is 1.29 bits per heavy atom. The molecule has 1 aromatic carbocycles. The van der Waals surface area contributed by atoms with Crippen molar-refractivity contribution in [2.75, 3.05) is 5.01 Å². The zero-order valence-electron chi connectivity index (χ0n) is 12.7. The molecule has 21 heavy (non-hydrogen) atoms. The quantitative estimate of drug-likeness (QED) is 0.768. The van der Waals surface area contributed by atoms with Gasteiger partial charge < -0.3 is 5.01 Å². The fourth-order valence-corrected chi connectivity index (χ4v) is 3.51. The van der Waals surface area contributed by atoms with Gasteiger partial charge in [-0.2, -0.15) is 0 Å². The molecule has 0 aliphatic carbocycles. The smallest absolute Gasteiger partial charge is 0.151 e. The molecule has 3 atom stereocenters. The lowest BCUT2D eigenvalue weighted by Crippen LogP contribution is -2.51. The second-order valence-corrected chi connectivity index (χ2v) is 6.67. The van der Waals surface area contributed by atoms with Gasteiger partial charge in [0.2, 0.25) is 0 Å². The van der Waals surface area contributed by atoms with Gasteiger partial charge in [0.05, 0.1) is 10.9 Å². The fourth-order valence-electron chi connectivity index (χ4n) is 3.37. The maximum atomic E-state index is 14.1. The molecule has 1 saturated heterocycles. The highest BCUT2D eigenvalue weighted by Gasteiger charge is 2.30. The van der Waals surface area contributed by atoms with Crippen LogP contribution in [0.25, 0.3) is 11.0 Å². The lowest BCUT2D eigenvalue weighted by Gasteiger charge is -2.42. The van der Waals surface area contributed by atoms with Crippen LogP contribution in [-0.2, 0) is 0 Å². The molecule has 0 saturated carbocycles. The van der Waals surface area contributed by atoms with E-state index in [1.807, 2.05) is 17.7 Å². The number of halogens is 2. The summed E-state index contributed by atoms with van der Waals surface area (Å²) in [5, 5.41) is 2.05. The lowest BCUT2D eigenvalue weighted by atomic mass is 10.00. The van der Waals surface area contributed by atoms with E-state index < -0.39 is 0 Å². The number of para-hydroxylation sites is 1. The molecular weight excluding hydrogens is 289 g/mol. The molecule has 1 aromatic heterocycles. The first-order chi connectivity index (χ1) is 10.0. The van der Waals surface area contributed by atoms with E-state index >= 15 is 0 Å². The van der Waals surface area contributed by atoms with E-state index in [9.17, 15) is 4.39 Å². The molecule has 1 aliphatic rings. The van der Waals surface area contributed by atoms with Crippen LogP contribution in [0.4, 0.5) is 4.39 Å². The number of hydrogen-bond donors (Lipinski definition) is 0. The van der Waals surface area contributed by atoms with Gasteiger partial charge >= 0.3 is 0 Å². The van der Waals surface area contributed by atoms with Gasteiger partial charge in [-0.1, -0.05) is 6.07 Å². The van der Waals surface area contributed by atoms with Gasteiger partial charge in [0, 0.05) is 12.1 Å². The largest absolute Gasteiger partial charge is 0.305 e. The molecule has 2 heterocycles. The van der Waals surface area contributed by atoms with Crippen LogP contribution in [0.3, 0.4) is 0 Å². The van der Waals surface area contributed by atoms with Gasteiger partial charge in [-0.05, 0) is 52.2 Å². The van der Waals surface area contributed by atoms with Crippen molar-refractivity contribution < 1.29 is 4.39 Å². The van der Waals surface area contributed by atoms with Gasteiger partial charge in [-0.3, -0.25) is 0 Å². The first-order valence-corrected chi connectivity index (χ1v) is 8.04. The monoisotopic (exact) mass is 309 g/mol. The van der Waals surface area contributed by atoms with Crippen molar-refractivity contribution in [3.63, 3.8) is 0 Å². The summed E-state index contributed by atoms with van der Waals surface area (Å²) in [4.78, 5) is 4.47. The van der Waals surface area contributed by atoms with Crippen LogP contribution in [0.1, 0.15) is 51.2 Å². The van der Waals surface area contributed by atoms with E-state index in [4.69, 9.17) is 11.6 Å². The summed E-state index contributed by atoms with van der Waals surface area (Å²) < 4.78 is 16.1. The van der Waals surface area contributed by atoms with Crippen LogP contribution in [0.15, 0.2) is 18.2 Å². The summed E-state index contributed by atoms with van der Waals surface area (Å²) in [5.74, 6) is 0.430. The average Bonchev–Trinajstić information content (AvgIpc) is 2.80. The summed E-state index contributed by atoms with van der Waals surface area (Å²) in [6.07, 6.45) is 3.50. The second-order valence-electron chi connectivity index (χ2n) is 6.01. The summed E-state index contributed by atoms with van der Waals surface area (Å²) in [7, 11) is 0. The Hall–Kier alpha value is -1.29. The van der Waals surface area contributed by atoms with Crippen molar-refractivity contribution in [2.24, 2.45) is 0 Å². The Labute approximate surface area is 129 Å². The molecule has 5 heteroatoms. The van der Waals surface area contributed by atoms with Crippen LogP contribution in [0.5, 0.6) is 0 Å². The first kappa shape index (κ1) is 14.6. The lowest BCUT2D eigenvalue weighted by molar-refractivity contribution is 0.335. The minimum atomic E-state index is -0.290. The Morgan fingerprint density at radius 2 is 1.95 bits per heavy atom. The molecule has 114 valence electrons. The molecule has 3 nitrogen and oxygen atoms in total. The third-order valence-corrected chi connectivity index (χ3v) is 4.57. The molecule has 1 fully saturated rings. The first-order valence-electron chi connectivity index (χ1n) is 7.60. The topological polar surface area (TPSA) is 21.1 Å². The van der Waals surface area contributed by atoms with Crippen molar-refractivity contribution in [1.82, 2.24) is 9.66 Å². The number of rotatable bonds is 2. The third kappa shape index (κ3) is 2.39. The minimum Gasteiger partial charge on any atom is -0.305 e.